The lowest BCUT2D eigenvalue weighted by Gasteiger charge is -2.23. The summed E-state index contributed by atoms with van der Waals surface area (Å²) in [6.45, 7) is 0. The molecule has 0 amide bonds. The molecule has 0 saturated heterocycles. The topological polar surface area (TPSA) is 69.6 Å². The van der Waals surface area contributed by atoms with Gasteiger partial charge < -0.3 is 19.7 Å². The Bertz CT molecular complexity index is 375. The number of ether oxygens (including phenoxy) is 1. The highest BCUT2D eigenvalue weighted by Crippen LogP contribution is 2.32. The summed E-state index contributed by atoms with van der Waals surface area (Å²) in [6.07, 6.45) is -2.87. The number of aliphatic hydroxyl groups is 1. The minimum Gasteiger partial charge on any atom is -0.547 e. The molecule has 0 bridgehead atoms. The van der Waals surface area contributed by atoms with Crippen LogP contribution in [0.5, 0.6) is 5.75 Å². The number of carboxylic acid groups (broad SMARTS) is 1. The predicted octanol–water partition coefficient (Wildman–Crippen LogP) is -0.102. The van der Waals surface area contributed by atoms with Crippen LogP contribution in [0.4, 0.5) is 8.78 Å². The Kier molecular flexibility index (Phi) is 3.44. The lowest BCUT2D eigenvalue weighted by atomic mass is 10.0. The standard InChI is InChI=1S/C10H10F2O4/c1-16-7-4-2-6(3-5-7)10(11,12)8(13)9(14)15/h2-5,8,13H,1H3,(H,14,15)/p-1/t8-/m1/s1. The molecular formula is C10H9F2O4-. The second-order valence-electron chi connectivity index (χ2n) is 3.07. The van der Waals surface area contributed by atoms with Crippen LogP contribution in [0.1, 0.15) is 5.56 Å². The molecule has 0 aromatic heterocycles. The molecule has 0 unspecified atom stereocenters. The van der Waals surface area contributed by atoms with Crippen LogP contribution in [0.15, 0.2) is 24.3 Å². The van der Waals surface area contributed by atoms with E-state index in [4.69, 9.17) is 9.84 Å². The summed E-state index contributed by atoms with van der Waals surface area (Å²) in [4.78, 5) is 10.2. The average Bonchev–Trinajstić information content (AvgIpc) is 2.28. The van der Waals surface area contributed by atoms with Crippen molar-refractivity contribution in [3.63, 3.8) is 0 Å². The molecular weight excluding hydrogens is 222 g/mol. The summed E-state index contributed by atoms with van der Waals surface area (Å²) in [5.41, 5.74) is -0.620. The van der Waals surface area contributed by atoms with E-state index in [1.165, 1.54) is 19.2 Å². The molecule has 0 heterocycles. The third-order valence-corrected chi connectivity index (χ3v) is 2.04. The first-order valence-electron chi connectivity index (χ1n) is 4.31. The fourth-order valence-electron chi connectivity index (χ4n) is 1.12. The maximum absolute atomic E-state index is 13.3. The maximum Gasteiger partial charge on any atom is 0.303 e. The smallest absolute Gasteiger partial charge is 0.303 e. The van der Waals surface area contributed by atoms with E-state index in [9.17, 15) is 18.7 Å². The quantitative estimate of drug-likeness (QED) is 0.785. The second-order valence-corrected chi connectivity index (χ2v) is 3.07. The summed E-state index contributed by atoms with van der Waals surface area (Å²) in [7, 11) is 1.36. The summed E-state index contributed by atoms with van der Waals surface area (Å²) >= 11 is 0. The molecule has 0 radical (unpaired) electrons. The van der Waals surface area contributed by atoms with Gasteiger partial charge in [-0.25, -0.2) is 0 Å². The van der Waals surface area contributed by atoms with Gasteiger partial charge in [-0.15, -0.1) is 0 Å². The van der Waals surface area contributed by atoms with Crippen molar-refractivity contribution in [3.05, 3.63) is 29.8 Å². The fourth-order valence-corrected chi connectivity index (χ4v) is 1.12. The Morgan fingerprint density at radius 3 is 2.31 bits per heavy atom. The molecule has 1 aromatic rings. The summed E-state index contributed by atoms with van der Waals surface area (Å²) in [5.74, 6) is -5.77. The zero-order valence-corrected chi connectivity index (χ0v) is 8.31. The van der Waals surface area contributed by atoms with Gasteiger partial charge in [0.15, 0.2) is 6.10 Å². The molecule has 1 aromatic carbocycles. The molecule has 0 saturated carbocycles. The second kappa shape index (κ2) is 4.44. The van der Waals surface area contributed by atoms with E-state index in [2.05, 4.69) is 0 Å². The zero-order chi connectivity index (χ0) is 12.3. The van der Waals surface area contributed by atoms with Crippen molar-refractivity contribution in [2.75, 3.05) is 7.11 Å². The first kappa shape index (κ1) is 12.4. The van der Waals surface area contributed by atoms with Gasteiger partial charge in [-0.2, -0.15) is 8.78 Å². The number of aliphatic hydroxyl groups excluding tert-OH is 1. The number of hydrogen-bond donors (Lipinski definition) is 1. The van der Waals surface area contributed by atoms with Crippen molar-refractivity contribution in [1.82, 2.24) is 0 Å². The van der Waals surface area contributed by atoms with E-state index in [0.29, 0.717) is 5.75 Å². The summed E-state index contributed by atoms with van der Waals surface area (Å²) < 4.78 is 31.4. The van der Waals surface area contributed by atoms with Crippen molar-refractivity contribution in [2.24, 2.45) is 0 Å². The van der Waals surface area contributed by atoms with E-state index in [1.54, 1.807) is 0 Å². The fraction of sp³-hybridized carbons (Fsp3) is 0.300. The number of aliphatic carboxylic acids is 1. The summed E-state index contributed by atoms with van der Waals surface area (Å²) in [5, 5.41) is 19.0. The molecule has 88 valence electrons. The number of hydrogen-bond acceptors (Lipinski definition) is 4. The van der Waals surface area contributed by atoms with Crippen molar-refractivity contribution in [3.8, 4) is 5.75 Å². The van der Waals surface area contributed by atoms with Crippen LogP contribution in [0.25, 0.3) is 0 Å². The normalized spacial score (nSPS) is 13.2. The first-order valence-corrected chi connectivity index (χ1v) is 4.31. The Hall–Kier alpha value is -1.69. The molecule has 0 aliphatic rings. The molecule has 0 spiro atoms. The predicted molar refractivity (Wildman–Crippen MR) is 47.9 cm³/mol. The van der Waals surface area contributed by atoms with E-state index >= 15 is 0 Å². The van der Waals surface area contributed by atoms with E-state index in [0.717, 1.165) is 12.1 Å². The van der Waals surface area contributed by atoms with Gasteiger partial charge >= 0.3 is 5.92 Å². The molecule has 1 atom stereocenters. The number of benzene rings is 1. The molecule has 0 aliphatic heterocycles. The largest absolute Gasteiger partial charge is 0.547 e. The van der Waals surface area contributed by atoms with Crippen molar-refractivity contribution >= 4 is 5.97 Å². The van der Waals surface area contributed by atoms with Crippen molar-refractivity contribution in [2.45, 2.75) is 12.0 Å². The van der Waals surface area contributed by atoms with E-state index < -0.39 is 23.6 Å². The third kappa shape index (κ3) is 2.27. The van der Waals surface area contributed by atoms with Crippen molar-refractivity contribution in [1.29, 1.82) is 0 Å². The number of methoxy groups -OCH3 is 1. The van der Waals surface area contributed by atoms with E-state index in [1.807, 2.05) is 0 Å². The number of alkyl halides is 2. The number of rotatable bonds is 4. The first-order chi connectivity index (χ1) is 7.39. The van der Waals surface area contributed by atoms with Gasteiger partial charge in [-0.05, 0) is 24.3 Å². The molecule has 1 rings (SSSR count). The van der Waals surface area contributed by atoms with Gasteiger partial charge in [-0.3, -0.25) is 0 Å². The van der Waals surface area contributed by atoms with Gasteiger partial charge in [-0.1, -0.05) is 0 Å². The number of carboxylic acids is 1. The van der Waals surface area contributed by atoms with Gasteiger partial charge in [0, 0.05) is 5.56 Å². The highest BCUT2D eigenvalue weighted by atomic mass is 19.3. The third-order valence-electron chi connectivity index (χ3n) is 2.04. The molecule has 0 fully saturated rings. The molecule has 0 aliphatic carbocycles. The molecule has 16 heavy (non-hydrogen) atoms. The Morgan fingerprint density at radius 2 is 1.94 bits per heavy atom. The van der Waals surface area contributed by atoms with Crippen LogP contribution in [0.3, 0.4) is 0 Å². The minimum atomic E-state index is -3.90. The van der Waals surface area contributed by atoms with Gasteiger partial charge in [0.05, 0.1) is 13.1 Å². The SMILES string of the molecule is COc1ccc(C(F)(F)[C@H](O)C(=O)[O-])cc1. The lowest BCUT2D eigenvalue weighted by molar-refractivity contribution is -0.325. The van der Waals surface area contributed by atoms with Gasteiger partial charge in [0.25, 0.3) is 0 Å². The molecule has 4 nitrogen and oxygen atoms in total. The van der Waals surface area contributed by atoms with Crippen LogP contribution in [0.2, 0.25) is 0 Å². The highest BCUT2D eigenvalue weighted by molar-refractivity contribution is 5.71. The van der Waals surface area contributed by atoms with Crippen molar-refractivity contribution < 1.29 is 28.5 Å². The highest BCUT2D eigenvalue weighted by Gasteiger charge is 2.41. The monoisotopic (exact) mass is 231 g/mol. The van der Waals surface area contributed by atoms with Crippen LogP contribution >= 0.6 is 0 Å². The summed E-state index contributed by atoms with van der Waals surface area (Å²) in [6, 6.07) is 4.44. The number of carbonyl (C=O) groups is 1. The Morgan fingerprint density at radius 1 is 1.44 bits per heavy atom. The Balaban J connectivity index is 3.02. The van der Waals surface area contributed by atoms with Crippen LogP contribution in [0, 0.1) is 0 Å². The number of carbonyl (C=O) groups excluding carboxylic acids is 1. The minimum absolute atomic E-state index is 0.350. The Labute approximate surface area is 90.1 Å². The van der Waals surface area contributed by atoms with E-state index in [-0.39, 0.29) is 0 Å². The van der Waals surface area contributed by atoms with Crippen LogP contribution < -0.4 is 9.84 Å². The van der Waals surface area contributed by atoms with Gasteiger partial charge in [0.1, 0.15) is 5.75 Å². The average molecular weight is 231 g/mol. The molecule has 6 heteroatoms. The molecule has 1 N–H and O–H groups in total. The van der Waals surface area contributed by atoms with Crippen LogP contribution in [-0.4, -0.2) is 24.3 Å². The van der Waals surface area contributed by atoms with Crippen LogP contribution in [-0.2, 0) is 10.7 Å². The number of halogens is 2. The van der Waals surface area contributed by atoms with Gasteiger partial charge in [0.2, 0.25) is 0 Å². The zero-order valence-electron chi connectivity index (χ0n) is 8.31. The lowest BCUT2D eigenvalue weighted by Crippen LogP contribution is -2.45. The maximum atomic E-state index is 13.3.